The Morgan fingerprint density at radius 3 is 3.00 bits per heavy atom. The highest BCUT2D eigenvalue weighted by atomic mass is 15.3. The minimum atomic E-state index is 0.510. The van der Waals surface area contributed by atoms with Crippen molar-refractivity contribution < 1.29 is 0 Å². The third-order valence-corrected chi connectivity index (χ3v) is 2.22. The van der Waals surface area contributed by atoms with Crippen molar-refractivity contribution in [2.45, 2.75) is 0 Å². The van der Waals surface area contributed by atoms with Crippen molar-refractivity contribution in [1.29, 1.82) is 5.26 Å². The molecule has 0 aliphatic heterocycles. The van der Waals surface area contributed by atoms with Gasteiger partial charge in [-0.25, -0.2) is 14.2 Å². The van der Waals surface area contributed by atoms with Crippen molar-refractivity contribution in [3.8, 4) is 11.8 Å². The van der Waals surface area contributed by atoms with Crippen molar-refractivity contribution in [2.75, 3.05) is 0 Å². The molecule has 0 aliphatic rings. The van der Waals surface area contributed by atoms with Crippen molar-refractivity contribution in [2.24, 2.45) is 0 Å². The van der Waals surface area contributed by atoms with Gasteiger partial charge in [-0.1, -0.05) is 0 Å². The Hall–Kier alpha value is -2.68. The van der Waals surface area contributed by atoms with Gasteiger partial charge in [0.1, 0.15) is 11.8 Å². The molecule has 0 amide bonds. The van der Waals surface area contributed by atoms with Gasteiger partial charge >= 0.3 is 0 Å². The first kappa shape index (κ1) is 8.61. The number of nitriles is 1. The maximum absolute atomic E-state index is 8.72. The smallest absolute Gasteiger partial charge is 0.181 e. The molecule has 3 aromatic rings. The largest absolute Gasteiger partial charge is 0.235 e. The van der Waals surface area contributed by atoms with Gasteiger partial charge in [-0.05, 0) is 6.07 Å². The van der Waals surface area contributed by atoms with Crippen molar-refractivity contribution in [3.05, 3.63) is 42.6 Å². The lowest BCUT2D eigenvalue weighted by atomic mass is 10.4. The zero-order valence-corrected chi connectivity index (χ0v) is 8.15. The van der Waals surface area contributed by atoms with Crippen LogP contribution >= 0.6 is 0 Å². The van der Waals surface area contributed by atoms with E-state index in [1.165, 1.54) is 6.20 Å². The molecule has 0 aliphatic carbocycles. The molecule has 0 saturated carbocycles. The Balaban J connectivity index is 2.23. The first-order chi connectivity index (χ1) is 7.88. The van der Waals surface area contributed by atoms with E-state index in [0.717, 1.165) is 5.69 Å². The molecule has 0 N–H and O–H groups in total. The quantitative estimate of drug-likeness (QED) is 0.595. The highest BCUT2D eigenvalue weighted by molar-refractivity contribution is 5.57. The minimum absolute atomic E-state index is 0.510. The van der Waals surface area contributed by atoms with Gasteiger partial charge in [0.25, 0.3) is 0 Å². The topological polar surface area (TPSA) is 71.8 Å². The highest BCUT2D eigenvalue weighted by Gasteiger charge is 2.07. The first-order valence-electron chi connectivity index (χ1n) is 4.62. The minimum Gasteiger partial charge on any atom is -0.235 e. The van der Waals surface area contributed by atoms with E-state index in [1.54, 1.807) is 40.1 Å². The monoisotopic (exact) mass is 210 g/mol. The second-order valence-corrected chi connectivity index (χ2v) is 3.20. The van der Waals surface area contributed by atoms with Crippen LogP contribution in [0.2, 0.25) is 0 Å². The summed E-state index contributed by atoms with van der Waals surface area (Å²) in [6.45, 7) is 0. The molecule has 3 aromatic heterocycles. The van der Waals surface area contributed by atoms with E-state index in [0.29, 0.717) is 11.2 Å². The summed E-state index contributed by atoms with van der Waals surface area (Å²) in [6.07, 6.45) is 8.31. The number of hydrogen-bond donors (Lipinski definition) is 0. The summed E-state index contributed by atoms with van der Waals surface area (Å²) >= 11 is 0. The standard InChI is InChI=1S/C10H6N6/c11-4-8-5-13-16(7-8)9-6-14-15-3-1-2-12-10(9)15/h1-3,5-7H. The maximum Gasteiger partial charge on any atom is 0.181 e. The van der Waals surface area contributed by atoms with Crippen LogP contribution in [0.3, 0.4) is 0 Å². The van der Waals surface area contributed by atoms with Gasteiger partial charge in [0.2, 0.25) is 0 Å². The van der Waals surface area contributed by atoms with Crippen LogP contribution in [0.1, 0.15) is 5.56 Å². The summed E-state index contributed by atoms with van der Waals surface area (Å²) in [5, 5.41) is 16.9. The lowest BCUT2D eigenvalue weighted by molar-refractivity contribution is 0.884. The molecule has 3 rings (SSSR count). The van der Waals surface area contributed by atoms with Gasteiger partial charge < -0.3 is 0 Å². The van der Waals surface area contributed by atoms with Crippen LogP contribution in [-0.2, 0) is 0 Å². The van der Waals surface area contributed by atoms with Crippen LogP contribution in [0.5, 0.6) is 0 Å². The van der Waals surface area contributed by atoms with Crippen LogP contribution in [0.25, 0.3) is 11.3 Å². The predicted octanol–water partition coefficient (Wildman–Crippen LogP) is 0.787. The summed E-state index contributed by atoms with van der Waals surface area (Å²) in [5.74, 6) is 0. The first-order valence-corrected chi connectivity index (χ1v) is 4.62. The van der Waals surface area contributed by atoms with Crippen LogP contribution in [0.15, 0.2) is 37.1 Å². The van der Waals surface area contributed by atoms with Crippen LogP contribution in [0, 0.1) is 11.3 Å². The molecule has 0 atom stereocenters. The Labute approximate surface area is 90.4 Å². The van der Waals surface area contributed by atoms with Crippen molar-refractivity contribution in [3.63, 3.8) is 0 Å². The Morgan fingerprint density at radius 2 is 2.19 bits per heavy atom. The van der Waals surface area contributed by atoms with E-state index in [9.17, 15) is 0 Å². The van der Waals surface area contributed by atoms with Crippen molar-refractivity contribution >= 4 is 5.65 Å². The summed E-state index contributed by atoms with van der Waals surface area (Å²) in [6, 6.07) is 3.83. The molecule has 0 saturated heterocycles. The number of rotatable bonds is 1. The van der Waals surface area contributed by atoms with Crippen molar-refractivity contribution in [1.82, 2.24) is 24.4 Å². The molecule has 0 radical (unpaired) electrons. The van der Waals surface area contributed by atoms with Gasteiger partial charge in [0.15, 0.2) is 5.65 Å². The lowest BCUT2D eigenvalue weighted by Crippen LogP contribution is -1.95. The van der Waals surface area contributed by atoms with Gasteiger partial charge in [-0.2, -0.15) is 15.5 Å². The molecule has 76 valence electrons. The predicted molar refractivity (Wildman–Crippen MR) is 54.8 cm³/mol. The Bertz CT molecular complexity index is 686. The van der Waals surface area contributed by atoms with Gasteiger partial charge in [-0.15, -0.1) is 0 Å². The molecule has 0 spiro atoms. The molecule has 0 aromatic carbocycles. The van der Waals surface area contributed by atoms with Gasteiger partial charge in [0.05, 0.1) is 18.0 Å². The normalized spacial score (nSPS) is 10.4. The van der Waals surface area contributed by atoms with E-state index in [2.05, 4.69) is 15.2 Å². The van der Waals surface area contributed by atoms with E-state index in [-0.39, 0.29) is 0 Å². The second-order valence-electron chi connectivity index (χ2n) is 3.20. The van der Waals surface area contributed by atoms with Gasteiger partial charge in [-0.3, -0.25) is 0 Å². The molecule has 0 unspecified atom stereocenters. The maximum atomic E-state index is 8.72. The zero-order chi connectivity index (χ0) is 11.0. The average molecular weight is 210 g/mol. The lowest BCUT2D eigenvalue weighted by Gasteiger charge is -1.96. The molecule has 3 heterocycles. The van der Waals surface area contributed by atoms with Crippen LogP contribution in [0.4, 0.5) is 0 Å². The molecule has 0 bridgehead atoms. The molecular weight excluding hydrogens is 204 g/mol. The number of hydrogen-bond acceptors (Lipinski definition) is 4. The van der Waals surface area contributed by atoms with Crippen LogP contribution < -0.4 is 0 Å². The summed E-state index contributed by atoms with van der Waals surface area (Å²) < 4.78 is 3.25. The Morgan fingerprint density at radius 1 is 1.25 bits per heavy atom. The molecular formula is C10H6N6. The fourth-order valence-corrected chi connectivity index (χ4v) is 1.49. The third kappa shape index (κ3) is 1.15. The number of aromatic nitrogens is 5. The highest BCUT2D eigenvalue weighted by Crippen LogP contribution is 2.12. The van der Waals surface area contributed by atoms with Crippen LogP contribution in [-0.4, -0.2) is 24.4 Å². The number of fused-ring (bicyclic) bond motifs is 1. The average Bonchev–Trinajstić information content (AvgIpc) is 2.94. The van der Waals surface area contributed by atoms with Gasteiger partial charge in [0, 0.05) is 18.6 Å². The summed E-state index contributed by atoms with van der Waals surface area (Å²) in [5.41, 5.74) is 1.97. The molecule has 16 heavy (non-hydrogen) atoms. The number of nitrogens with zero attached hydrogens (tertiary/aromatic N) is 6. The third-order valence-electron chi connectivity index (χ3n) is 2.22. The van der Waals surface area contributed by atoms with E-state index in [1.807, 2.05) is 6.07 Å². The fraction of sp³-hybridized carbons (Fsp3) is 0. The molecule has 6 heteroatoms. The summed E-state index contributed by atoms with van der Waals surface area (Å²) in [4.78, 5) is 4.21. The molecule has 6 nitrogen and oxygen atoms in total. The SMILES string of the molecule is N#Cc1cnn(-c2cnn3cccnc23)c1. The van der Waals surface area contributed by atoms with E-state index < -0.39 is 0 Å². The second kappa shape index (κ2) is 3.17. The molecule has 0 fully saturated rings. The Kier molecular flexibility index (Phi) is 1.71. The zero-order valence-electron chi connectivity index (χ0n) is 8.15. The fourth-order valence-electron chi connectivity index (χ4n) is 1.49. The van der Waals surface area contributed by atoms with E-state index >= 15 is 0 Å². The summed E-state index contributed by atoms with van der Waals surface area (Å²) in [7, 11) is 0. The van der Waals surface area contributed by atoms with E-state index in [4.69, 9.17) is 5.26 Å².